The highest BCUT2D eigenvalue weighted by Crippen LogP contribution is 2.11. The molecule has 5 heteroatoms. The first-order valence-corrected chi connectivity index (χ1v) is 5.92. The van der Waals surface area contributed by atoms with Crippen molar-refractivity contribution < 1.29 is 14.6 Å². The zero-order chi connectivity index (χ0) is 11.1. The van der Waals surface area contributed by atoms with Gasteiger partial charge in [0.15, 0.2) is 4.90 Å². The van der Waals surface area contributed by atoms with Crippen LogP contribution in [0.5, 0.6) is 0 Å². The van der Waals surface area contributed by atoms with Crippen molar-refractivity contribution in [2.75, 3.05) is 5.75 Å². The predicted molar refractivity (Wildman–Crippen MR) is 56.9 cm³/mol. The molecule has 1 aromatic rings. The number of carbonyl (C=O) groups excluding carboxylic acids is 1. The highest BCUT2D eigenvalue weighted by molar-refractivity contribution is 7.91. The van der Waals surface area contributed by atoms with E-state index in [0.29, 0.717) is 12.2 Å². The van der Waals surface area contributed by atoms with E-state index in [4.69, 9.17) is 5.21 Å². The molecular weight excluding hydrogens is 214 g/mol. The number of amides is 1. The molecule has 0 heterocycles. The maximum absolute atomic E-state index is 11.6. The van der Waals surface area contributed by atoms with E-state index in [1.54, 1.807) is 17.6 Å². The van der Waals surface area contributed by atoms with Gasteiger partial charge in [0, 0.05) is 12.8 Å². The molecule has 0 spiro atoms. The van der Waals surface area contributed by atoms with Crippen molar-refractivity contribution in [1.82, 2.24) is 5.48 Å². The number of hydrogen-bond acceptors (Lipinski definition) is 3. The normalized spacial score (nSPS) is 12.1. The molecule has 0 saturated heterocycles. The number of carbonyl (C=O) groups is 1. The molecule has 0 bridgehead atoms. The summed E-state index contributed by atoms with van der Waals surface area (Å²) in [6.45, 7) is 0. The molecule has 0 saturated carbocycles. The van der Waals surface area contributed by atoms with Crippen molar-refractivity contribution >= 4 is 17.1 Å². The van der Waals surface area contributed by atoms with Gasteiger partial charge in [-0.3, -0.25) is 10.0 Å². The van der Waals surface area contributed by atoms with Crippen LogP contribution in [0.15, 0.2) is 35.2 Å². The third-order valence-electron chi connectivity index (χ3n) is 1.86. The van der Waals surface area contributed by atoms with Gasteiger partial charge in [-0.05, 0) is 23.3 Å². The number of hydroxylamine groups is 1. The highest BCUT2D eigenvalue weighted by atomic mass is 32.2. The van der Waals surface area contributed by atoms with Gasteiger partial charge in [-0.2, -0.15) is 0 Å². The second kappa shape index (κ2) is 6.44. The van der Waals surface area contributed by atoms with E-state index in [-0.39, 0.29) is 6.42 Å². The molecule has 0 aromatic heterocycles. The average Bonchev–Trinajstić information content (AvgIpc) is 2.29. The maximum Gasteiger partial charge on any atom is 0.243 e. The quantitative estimate of drug-likeness (QED) is 0.449. The van der Waals surface area contributed by atoms with Crippen LogP contribution in [0.2, 0.25) is 0 Å². The topological polar surface area (TPSA) is 72.4 Å². The van der Waals surface area contributed by atoms with E-state index < -0.39 is 17.1 Å². The van der Waals surface area contributed by atoms with Gasteiger partial charge in [0.1, 0.15) is 5.75 Å². The highest BCUT2D eigenvalue weighted by Gasteiger charge is 2.10. The Kier molecular flexibility index (Phi) is 5.17. The van der Waals surface area contributed by atoms with Crippen molar-refractivity contribution in [3.63, 3.8) is 0 Å². The Morgan fingerprint density at radius 3 is 2.67 bits per heavy atom. The number of nitrogens with one attached hydrogen (secondary N) is 1. The van der Waals surface area contributed by atoms with Crippen LogP contribution in [0.3, 0.4) is 0 Å². The van der Waals surface area contributed by atoms with Crippen molar-refractivity contribution in [1.29, 1.82) is 0 Å². The Labute approximate surface area is 91.4 Å². The fourth-order valence-electron chi connectivity index (χ4n) is 1.11. The summed E-state index contributed by atoms with van der Waals surface area (Å²) in [6, 6.07) is 9.10. The van der Waals surface area contributed by atoms with E-state index >= 15 is 0 Å². The largest absolute Gasteiger partial charge is 0.611 e. The Morgan fingerprint density at radius 2 is 2.07 bits per heavy atom. The third-order valence-corrected chi connectivity index (χ3v) is 3.32. The van der Waals surface area contributed by atoms with Gasteiger partial charge >= 0.3 is 0 Å². The van der Waals surface area contributed by atoms with Gasteiger partial charge in [-0.1, -0.05) is 18.2 Å². The lowest BCUT2D eigenvalue weighted by Gasteiger charge is -2.09. The van der Waals surface area contributed by atoms with Gasteiger partial charge in [0.2, 0.25) is 5.91 Å². The minimum Gasteiger partial charge on any atom is -0.611 e. The van der Waals surface area contributed by atoms with Crippen molar-refractivity contribution in [2.45, 2.75) is 17.7 Å². The average molecular weight is 227 g/mol. The molecule has 4 nitrogen and oxygen atoms in total. The minimum absolute atomic E-state index is 0.190. The zero-order valence-corrected chi connectivity index (χ0v) is 9.00. The predicted octanol–water partition coefficient (Wildman–Crippen LogP) is 1.08. The van der Waals surface area contributed by atoms with Crippen LogP contribution in [0.1, 0.15) is 12.8 Å². The summed E-state index contributed by atoms with van der Waals surface area (Å²) in [4.78, 5) is 11.4. The summed E-state index contributed by atoms with van der Waals surface area (Å²) in [7, 11) is 0. The van der Waals surface area contributed by atoms with Crippen LogP contribution >= 0.6 is 0 Å². The molecule has 0 radical (unpaired) electrons. The van der Waals surface area contributed by atoms with Gasteiger partial charge in [-0.15, -0.1) is 0 Å². The van der Waals surface area contributed by atoms with E-state index in [9.17, 15) is 9.35 Å². The second-order valence-corrected chi connectivity index (χ2v) is 4.57. The molecule has 2 N–H and O–H groups in total. The first-order chi connectivity index (χ1) is 7.24. The molecule has 1 rings (SSSR count). The summed E-state index contributed by atoms with van der Waals surface area (Å²) in [5.41, 5.74) is 1.54. The molecule has 1 aromatic carbocycles. The summed E-state index contributed by atoms with van der Waals surface area (Å²) in [5.74, 6) is -0.0164. The van der Waals surface area contributed by atoms with Crippen LogP contribution < -0.4 is 5.48 Å². The van der Waals surface area contributed by atoms with Crippen LogP contribution in [0.4, 0.5) is 0 Å². The Morgan fingerprint density at radius 1 is 1.40 bits per heavy atom. The van der Waals surface area contributed by atoms with Crippen LogP contribution in [0, 0.1) is 0 Å². The van der Waals surface area contributed by atoms with Gasteiger partial charge in [0.25, 0.3) is 0 Å². The molecular formula is C10H13NO3S. The molecule has 0 aliphatic heterocycles. The Hall–Kier alpha value is -1.04. The molecule has 15 heavy (non-hydrogen) atoms. The van der Waals surface area contributed by atoms with E-state index in [0.717, 1.165) is 4.90 Å². The summed E-state index contributed by atoms with van der Waals surface area (Å²) < 4.78 is 11.6. The fourth-order valence-corrected chi connectivity index (χ4v) is 2.21. The smallest absolute Gasteiger partial charge is 0.243 e. The lowest BCUT2D eigenvalue weighted by molar-refractivity contribution is -0.129. The summed E-state index contributed by atoms with van der Waals surface area (Å²) in [6.07, 6.45) is 0.684. The Bertz CT molecular complexity index is 305. The summed E-state index contributed by atoms with van der Waals surface area (Å²) >= 11 is -1.06. The number of benzene rings is 1. The summed E-state index contributed by atoms with van der Waals surface area (Å²) in [5, 5.41) is 8.24. The Balaban J connectivity index is 2.31. The van der Waals surface area contributed by atoms with Crippen molar-refractivity contribution in [3.8, 4) is 0 Å². The second-order valence-electron chi connectivity index (χ2n) is 3.00. The van der Waals surface area contributed by atoms with Crippen LogP contribution in [-0.2, 0) is 16.0 Å². The molecule has 1 atom stereocenters. The fraction of sp³-hybridized carbons (Fsp3) is 0.300. The first kappa shape index (κ1) is 12.0. The van der Waals surface area contributed by atoms with Crippen molar-refractivity contribution in [3.05, 3.63) is 30.3 Å². The molecule has 1 unspecified atom stereocenters. The van der Waals surface area contributed by atoms with Crippen molar-refractivity contribution in [2.24, 2.45) is 0 Å². The molecule has 0 aliphatic rings. The lowest BCUT2D eigenvalue weighted by Crippen LogP contribution is -2.19. The van der Waals surface area contributed by atoms with E-state index in [1.807, 2.05) is 18.2 Å². The molecule has 0 fully saturated rings. The van der Waals surface area contributed by atoms with E-state index in [2.05, 4.69) is 0 Å². The minimum atomic E-state index is -1.06. The van der Waals surface area contributed by atoms with Gasteiger partial charge < -0.3 is 4.55 Å². The zero-order valence-electron chi connectivity index (χ0n) is 8.18. The molecule has 0 aliphatic carbocycles. The number of hydrogen-bond donors (Lipinski definition) is 2. The molecule has 82 valence electrons. The van der Waals surface area contributed by atoms with Crippen LogP contribution in [-0.4, -0.2) is 21.4 Å². The van der Waals surface area contributed by atoms with Gasteiger partial charge in [-0.25, -0.2) is 5.48 Å². The van der Waals surface area contributed by atoms with E-state index in [1.165, 1.54) is 0 Å². The standard InChI is InChI=1S/C10H13NO3S/c12-10(11-13)7-4-8-15(14)9-5-2-1-3-6-9/h1-3,5-6,13H,4,7-8H2,(H,11,12). The SMILES string of the molecule is O=C(CCC[S+]([O-])c1ccccc1)NO. The number of rotatable bonds is 5. The van der Waals surface area contributed by atoms with Crippen LogP contribution in [0.25, 0.3) is 0 Å². The maximum atomic E-state index is 11.6. The third kappa shape index (κ3) is 4.33. The monoisotopic (exact) mass is 227 g/mol. The lowest BCUT2D eigenvalue weighted by atomic mass is 10.3. The van der Waals surface area contributed by atoms with Gasteiger partial charge in [0.05, 0.1) is 0 Å². The first-order valence-electron chi connectivity index (χ1n) is 4.60. The molecule has 1 amide bonds.